The molecule has 1 unspecified atom stereocenters. The van der Waals surface area contributed by atoms with Crippen molar-refractivity contribution in [3.05, 3.63) is 58.3 Å². The van der Waals surface area contributed by atoms with Crippen molar-refractivity contribution in [3.63, 3.8) is 0 Å². The summed E-state index contributed by atoms with van der Waals surface area (Å²) >= 11 is 3.38. The molecule has 1 aromatic carbocycles. The van der Waals surface area contributed by atoms with Gasteiger partial charge in [-0.15, -0.1) is 0 Å². The molecule has 3 nitrogen and oxygen atoms in total. The van der Waals surface area contributed by atoms with Crippen molar-refractivity contribution in [1.29, 1.82) is 0 Å². The third kappa shape index (κ3) is 3.78. The molecule has 2 rings (SSSR count). The zero-order valence-corrected chi connectivity index (χ0v) is 12.3. The molecule has 0 aliphatic heterocycles. The number of rotatable bonds is 5. The lowest BCUT2D eigenvalue weighted by molar-refractivity contribution is 0.166. The molecule has 0 aliphatic carbocycles. The van der Waals surface area contributed by atoms with Crippen LogP contribution in [0.2, 0.25) is 0 Å². The number of hydrogen-bond donors (Lipinski definition) is 1. The van der Waals surface area contributed by atoms with Crippen LogP contribution in [0.3, 0.4) is 0 Å². The fraction of sp³-hybridized carbons (Fsp3) is 0.267. The maximum absolute atomic E-state index is 9.95. The lowest BCUT2D eigenvalue weighted by Gasteiger charge is -2.14. The first-order valence-corrected chi connectivity index (χ1v) is 6.99. The van der Waals surface area contributed by atoms with Gasteiger partial charge < -0.3 is 9.84 Å². The Morgan fingerprint density at radius 1 is 1.32 bits per heavy atom. The Bertz CT molecular complexity index is 545. The molecule has 2 aromatic rings. The number of aromatic nitrogens is 1. The summed E-state index contributed by atoms with van der Waals surface area (Å²) in [4.78, 5) is 4.09. The number of halogens is 1. The highest BCUT2D eigenvalue weighted by atomic mass is 79.9. The van der Waals surface area contributed by atoms with Crippen molar-refractivity contribution in [1.82, 2.24) is 4.98 Å². The number of benzene rings is 1. The third-order valence-corrected chi connectivity index (χ3v) is 3.25. The minimum Gasteiger partial charge on any atom is -0.488 e. The van der Waals surface area contributed by atoms with Gasteiger partial charge in [0, 0.05) is 28.0 Å². The molecule has 0 fully saturated rings. The molecule has 0 saturated carbocycles. The molecule has 0 aliphatic rings. The summed E-state index contributed by atoms with van der Waals surface area (Å²) in [5.74, 6) is 0.719. The van der Waals surface area contributed by atoms with Crippen LogP contribution in [0.5, 0.6) is 5.75 Å². The average molecular weight is 322 g/mol. The van der Waals surface area contributed by atoms with Crippen LogP contribution in [0, 0.1) is 0 Å². The quantitative estimate of drug-likeness (QED) is 0.909. The maximum atomic E-state index is 9.95. The Hall–Kier alpha value is -1.39. The van der Waals surface area contributed by atoms with Crippen LogP contribution < -0.4 is 4.74 Å². The summed E-state index contributed by atoms with van der Waals surface area (Å²) in [5.41, 5.74) is 1.81. The van der Waals surface area contributed by atoms with E-state index in [4.69, 9.17) is 4.74 Å². The number of hydrogen-bond acceptors (Lipinski definition) is 3. The summed E-state index contributed by atoms with van der Waals surface area (Å²) < 4.78 is 6.71. The fourth-order valence-corrected chi connectivity index (χ4v) is 2.22. The van der Waals surface area contributed by atoms with E-state index in [0.717, 1.165) is 21.3 Å². The highest BCUT2D eigenvalue weighted by Gasteiger charge is 2.11. The predicted octanol–water partition coefficient (Wildman–Crippen LogP) is 3.87. The minimum absolute atomic E-state index is 0.430. The van der Waals surface area contributed by atoms with E-state index in [0.29, 0.717) is 13.0 Å². The molecular formula is C15H16BrNO2. The van der Waals surface area contributed by atoms with Gasteiger partial charge >= 0.3 is 0 Å². The van der Waals surface area contributed by atoms with Gasteiger partial charge in [-0.3, -0.25) is 4.98 Å². The summed E-state index contributed by atoms with van der Waals surface area (Å²) in [6.07, 6.45) is 3.68. The van der Waals surface area contributed by atoms with Crippen LogP contribution in [-0.4, -0.2) is 10.1 Å². The SMILES string of the molecule is CCC(O)c1ccccc1OCc1cncc(Br)c1. The molecule has 0 bridgehead atoms. The van der Waals surface area contributed by atoms with Gasteiger partial charge in [-0.2, -0.15) is 0 Å². The van der Waals surface area contributed by atoms with E-state index in [1.165, 1.54) is 0 Å². The van der Waals surface area contributed by atoms with E-state index in [-0.39, 0.29) is 0 Å². The first-order chi connectivity index (χ1) is 9.20. The van der Waals surface area contributed by atoms with Crippen LogP contribution in [0.4, 0.5) is 0 Å². The maximum Gasteiger partial charge on any atom is 0.125 e. The van der Waals surface area contributed by atoms with Gasteiger partial charge in [-0.1, -0.05) is 25.1 Å². The zero-order chi connectivity index (χ0) is 13.7. The number of ether oxygens (including phenoxy) is 1. The summed E-state index contributed by atoms with van der Waals surface area (Å²) in [5, 5.41) is 9.95. The largest absolute Gasteiger partial charge is 0.488 e. The van der Waals surface area contributed by atoms with Crippen molar-refractivity contribution in [2.45, 2.75) is 26.1 Å². The van der Waals surface area contributed by atoms with Crippen molar-refractivity contribution >= 4 is 15.9 Å². The molecule has 0 radical (unpaired) electrons. The normalized spacial score (nSPS) is 12.2. The van der Waals surface area contributed by atoms with Gasteiger partial charge in [0.25, 0.3) is 0 Å². The van der Waals surface area contributed by atoms with Gasteiger partial charge in [0.2, 0.25) is 0 Å². The number of pyridine rings is 1. The van der Waals surface area contributed by atoms with E-state index in [1.807, 2.05) is 37.3 Å². The summed E-state index contributed by atoms with van der Waals surface area (Å²) in [7, 11) is 0. The second kappa shape index (κ2) is 6.68. The van der Waals surface area contributed by atoms with E-state index >= 15 is 0 Å². The van der Waals surface area contributed by atoms with Crippen LogP contribution in [-0.2, 0) is 6.61 Å². The van der Waals surface area contributed by atoms with Crippen molar-refractivity contribution in [2.24, 2.45) is 0 Å². The van der Waals surface area contributed by atoms with Crippen LogP contribution in [0.25, 0.3) is 0 Å². The first kappa shape index (κ1) is 14.0. The van der Waals surface area contributed by atoms with Crippen LogP contribution in [0.15, 0.2) is 47.2 Å². The van der Waals surface area contributed by atoms with Crippen LogP contribution in [0.1, 0.15) is 30.6 Å². The molecule has 19 heavy (non-hydrogen) atoms. The lowest BCUT2D eigenvalue weighted by atomic mass is 10.1. The molecule has 1 atom stereocenters. The Morgan fingerprint density at radius 3 is 2.84 bits per heavy atom. The van der Waals surface area contributed by atoms with E-state index in [2.05, 4.69) is 20.9 Å². The topological polar surface area (TPSA) is 42.4 Å². The van der Waals surface area contributed by atoms with Crippen molar-refractivity contribution < 1.29 is 9.84 Å². The van der Waals surface area contributed by atoms with Gasteiger partial charge in [0.15, 0.2) is 0 Å². The Balaban J connectivity index is 2.11. The van der Waals surface area contributed by atoms with Crippen molar-refractivity contribution in [2.75, 3.05) is 0 Å². The third-order valence-electron chi connectivity index (χ3n) is 2.82. The monoisotopic (exact) mass is 321 g/mol. The van der Waals surface area contributed by atoms with Gasteiger partial charge in [0.05, 0.1) is 6.10 Å². The van der Waals surface area contributed by atoms with Gasteiger partial charge in [-0.25, -0.2) is 0 Å². The fourth-order valence-electron chi connectivity index (χ4n) is 1.80. The standard InChI is InChI=1S/C15H16BrNO2/c1-2-14(18)13-5-3-4-6-15(13)19-10-11-7-12(16)9-17-8-11/h3-9,14,18H,2,10H2,1H3. The zero-order valence-electron chi connectivity index (χ0n) is 10.7. The summed E-state index contributed by atoms with van der Waals surface area (Å²) in [6.45, 7) is 2.37. The second-order valence-electron chi connectivity index (χ2n) is 4.26. The molecule has 1 heterocycles. The molecule has 1 aromatic heterocycles. The van der Waals surface area contributed by atoms with E-state index < -0.39 is 6.10 Å². The van der Waals surface area contributed by atoms with E-state index in [1.54, 1.807) is 12.4 Å². The predicted molar refractivity (Wildman–Crippen MR) is 78.0 cm³/mol. The lowest BCUT2D eigenvalue weighted by Crippen LogP contribution is -2.02. The minimum atomic E-state index is -0.489. The molecule has 0 amide bonds. The molecule has 1 N–H and O–H groups in total. The Kier molecular flexibility index (Phi) is 4.93. The number of nitrogens with zero attached hydrogens (tertiary/aromatic N) is 1. The van der Waals surface area contributed by atoms with Crippen molar-refractivity contribution in [3.8, 4) is 5.75 Å². The first-order valence-electron chi connectivity index (χ1n) is 6.20. The smallest absolute Gasteiger partial charge is 0.125 e. The number of aliphatic hydroxyl groups is 1. The molecule has 4 heteroatoms. The van der Waals surface area contributed by atoms with Gasteiger partial charge in [-0.05, 0) is 34.5 Å². The Morgan fingerprint density at radius 2 is 2.11 bits per heavy atom. The summed E-state index contributed by atoms with van der Waals surface area (Å²) in [6, 6.07) is 9.54. The molecule has 0 spiro atoms. The Labute approximate surface area is 121 Å². The molecule has 0 saturated heterocycles. The highest BCUT2D eigenvalue weighted by molar-refractivity contribution is 9.10. The van der Waals surface area contributed by atoms with Crippen LogP contribution >= 0.6 is 15.9 Å². The second-order valence-corrected chi connectivity index (χ2v) is 5.18. The van der Waals surface area contributed by atoms with Gasteiger partial charge in [0.1, 0.15) is 12.4 Å². The molecular weight excluding hydrogens is 306 g/mol. The number of para-hydroxylation sites is 1. The highest BCUT2D eigenvalue weighted by Crippen LogP contribution is 2.27. The average Bonchev–Trinajstić information content (AvgIpc) is 2.45. The molecule has 100 valence electrons. The number of aliphatic hydroxyl groups excluding tert-OH is 1. The van der Waals surface area contributed by atoms with E-state index in [9.17, 15) is 5.11 Å².